The summed E-state index contributed by atoms with van der Waals surface area (Å²) in [6, 6.07) is 12.7. The molecule has 0 spiro atoms. The van der Waals surface area contributed by atoms with Crippen LogP contribution >= 0.6 is 0 Å². The number of amides is 4. The van der Waals surface area contributed by atoms with Crippen LogP contribution in [0.4, 0.5) is 10.5 Å². The molecule has 2 heterocycles. The zero-order valence-electron chi connectivity index (χ0n) is 18.6. The molecule has 176 valence electrons. The minimum atomic E-state index is -1.28. The van der Waals surface area contributed by atoms with Gasteiger partial charge in [0.25, 0.3) is 11.8 Å². The lowest BCUT2D eigenvalue weighted by Gasteiger charge is -2.26. The molecular weight excluding hydrogens is 454 g/mol. The lowest BCUT2D eigenvalue weighted by atomic mass is 10.1. The normalized spacial score (nSPS) is 14.9. The van der Waals surface area contributed by atoms with Gasteiger partial charge in [0.2, 0.25) is 0 Å². The quantitative estimate of drug-likeness (QED) is 0.381. The molecule has 1 aliphatic heterocycles. The van der Waals surface area contributed by atoms with Gasteiger partial charge in [0.1, 0.15) is 5.57 Å². The number of carboxylic acids is 2. The van der Waals surface area contributed by atoms with E-state index in [0.29, 0.717) is 28.3 Å². The predicted octanol–water partition coefficient (Wildman–Crippen LogP) is 3.16. The highest BCUT2D eigenvalue weighted by atomic mass is 16.4. The van der Waals surface area contributed by atoms with Gasteiger partial charge in [0.05, 0.1) is 16.8 Å². The van der Waals surface area contributed by atoms with Gasteiger partial charge in [0.15, 0.2) is 0 Å². The van der Waals surface area contributed by atoms with Crippen LogP contribution < -0.4 is 10.2 Å². The standard InChI is InChI=1S/C25H19N3O7/c1-13-8-15(14(2)27(13)19-10-16(23(31)32)9-17(11-19)24(33)34)12-20-21(29)26-25(35)28(22(20)30)18-6-4-3-5-7-18/h3-12H,1-2H3,(H,31,32)(H,33,34)(H,26,29,35)/b20-12+. The van der Waals surface area contributed by atoms with Gasteiger partial charge in [-0.1, -0.05) is 18.2 Å². The van der Waals surface area contributed by atoms with Gasteiger partial charge in [-0.15, -0.1) is 0 Å². The smallest absolute Gasteiger partial charge is 0.335 e. The number of benzene rings is 2. The summed E-state index contributed by atoms with van der Waals surface area (Å²) in [5.74, 6) is -4.21. The number of carboxylic acid groups (broad SMARTS) is 2. The first-order valence-electron chi connectivity index (χ1n) is 10.4. The molecule has 10 nitrogen and oxygen atoms in total. The van der Waals surface area contributed by atoms with E-state index in [1.165, 1.54) is 18.2 Å². The van der Waals surface area contributed by atoms with Crippen LogP contribution in [0.5, 0.6) is 0 Å². The first-order chi connectivity index (χ1) is 16.6. The number of para-hydroxylation sites is 1. The van der Waals surface area contributed by atoms with Crippen molar-refractivity contribution in [3.05, 3.63) is 88.2 Å². The van der Waals surface area contributed by atoms with Crippen molar-refractivity contribution >= 4 is 41.5 Å². The van der Waals surface area contributed by atoms with E-state index in [0.717, 1.165) is 11.0 Å². The zero-order valence-corrected chi connectivity index (χ0v) is 18.6. The van der Waals surface area contributed by atoms with Crippen molar-refractivity contribution in [2.24, 2.45) is 0 Å². The Kier molecular flexibility index (Phi) is 5.79. The Hall–Kier alpha value is -4.99. The van der Waals surface area contributed by atoms with Gasteiger partial charge in [0, 0.05) is 17.1 Å². The van der Waals surface area contributed by atoms with Crippen LogP contribution in [-0.2, 0) is 9.59 Å². The number of nitrogens with zero attached hydrogens (tertiary/aromatic N) is 2. The molecular formula is C25H19N3O7. The summed E-state index contributed by atoms with van der Waals surface area (Å²) < 4.78 is 1.62. The summed E-state index contributed by atoms with van der Waals surface area (Å²) in [6.07, 6.45) is 1.35. The zero-order chi connectivity index (χ0) is 25.4. The van der Waals surface area contributed by atoms with Crippen molar-refractivity contribution in [1.82, 2.24) is 9.88 Å². The second-order valence-corrected chi connectivity index (χ2v) is 7.83. The molecule has 0 radical (unpaired) electrons. The lowest BCUT2D eigenvalue weighted by molar-refractivity contribution is -0.122. The van der Waals surface area contributed by atoms with Gasteiger partial charge >= 0.3 is 18.0 Å². The fourth-order valence-electron chi connectivity index (χ4n) is 3.94. The highest BCUT2D eigenvalue weighted by molar-refractivity contribution is 6.39. The Morgan fingerprint density at radius 2 is 1.46 bits per heavy atom. The van der Waals surface area contributed by atoms with Crippen molar-refractivity contribution in [2.45, 2.75) is 13.8 Å². The van der Waals surface area contributed by atoms with Crippen LogP contribution in [0.3, 0.4) is 0 Å². The number of nitrogens with one attached hydrogen (secondary N) is 1. The van der Waals surface area contributed by atoms with E-state index in [-0.39, 0.29) is 16.7 Å². The van der Waals surface area contributed by atoms with E-state index in [1.807, 2.05) is 0 Å². The molecule has 1 saturated heterocycles. The van der Waals surface area contributed by atoms with Crippen LogP contribution in [0, 0.1) is 13.8 Å². The Labute approximate surface area is 198 Å². The van der Waals surface area contributed by atoms with Crippen LogP contribution in [0.2, 0.25) is 0 Å². The van der Waals surface area contributed by atoms with E-state index in [1.54, 1.807) is 54.8 Å². The van der Waals surface area contributed by atoms with Crippen LogP contribution in [0.25, 0.3) is 11.8 Å². The molecule has 1 aromatic heterocycles. The molecule has 35 heavy (non-hydrogen) atoms. The monoisotopic (exact) mass is 473 g/mol. The average molecular weight is 473 g/mol. The van der Waals surface area contributed by atoms with Crippen LogP contribution in [0.15, 0.2) is 60.2 Å². The molecule has 0 saturated carbocycles. The highest BCUT2D eigenvalue weighted by Gasteiger charge is 2.37. The first-order valence-corrected chi connectivity index (χ1v) is 10.4. The number of anilines is 1. The fourth-order valence-corrected chi connectivity index (χ4v) is 3.94. The Balaban J connectivity index is 1.81. The van der Waals surface area contributed by atoms with Crippen molar-refractivity contribution in [1.29, 1.82) is 0 Å². The summed E-state index contributed by atoms with van der Waals surface area (Å²) in [7, 11) is 0. The number of hydrogen-bond acceptors (Lipinski definition) is 5. The highest BCUT2D eigenvalue weighted by Crippen LogP contribution is 2.27. The summed E-state index contributed by atoms with van der Waals surface area (Å²) in [4.78, 5) is 61.9. The van der Waals surface area contributed by atoms with Gasteiger partial charge < -0.3 is 14.8 Å². The number of barbiturate groups is 1. The van der Waals surface area contributed by atoms with Crippen LogP contribution in [-0.4, -0.2) is 44.6 Å². The molecule has 0 bridgehead atoms. The molecule has 1 fully saturated rings. The summed E-state index contributed by atoms with van der Waals surface area (Å²) in [6.45, 7) is 3.39. The Morgan fingerprint density at radius 1 is 0.857 bits per heavy atom. The maximum Gasteiger partial charge on any atom is 0.335 e. The fraction of sp³-hybridized carbons (Fsp3) is 0.0800. The topological polar surface area (TPSA) is 146 Å². The molecule has 3 N–H and O–H groups in total. The number of urea groups is 1. The van der Waals surface area contributed by atoms with Crippen molar-refractivity contribution < 1.29 is 34.2 Å². The third kappa shape index (κ3) is 4.20. The van der Waals surface area contributed by atoms with Gasteiger partial charge in [-0.25, -0.2) is 19.3 Å². The molecule has 2 aromatic carbocycles. The third-order valence-corrected chi connectivity index (χ3v) is 5.56. The number of carbonyl (C=O) groups is 5. The minimum Gasteiger partial charge on any atom is -0.478 e. The molecule has 4 amide bonds. The van der Waals surface area contributed by atoms with Crippen molar-refractivity contribution in [3.63, 3.8) is 0 Å². The van der Waals surface area contributed by atoms with E-state index < -0.39 is 29.8 Å². The predicted molar refractivity (Wildman–Crippen MR) is 125 cm³/mol. The maximum absolute atomic E-state index is 13.1. The van der Waals surface area contributed by atoms with E-state index in [9.17, 15) is 34.2 Å². The SMILES string of the molecule is Cc1cc(/C=C2\C(=O)NC(=O)N(c3ccccc3)C2=O)c(C)n1-c1cc(C(=O)O)cc(C(=O)O)c1. The lowest BCUT2D eigenvalue weighted by Crippen LogP contribution is -2.54. The molecule has 4 rings (SSSR count). The molecule has 0 atom stereocenters. The van der Waals surface area contributed by atoms with Crippen LogP contribution in [0.1, 0.15) is 37.7 Å². The molecule has 3 aromatic rings. The van der Waals surface area contributed by atoms with Gasteiger partial charge in [-0.05, 0) is 61.9 Å². The van der Waals surface area contributed by atoms with E-state index >= 15 is 0 Å². The second kappa shape index (κ2) is 8.75. The number of rotatable bonds is 5. The Morgan fingerprint density at radius 3 is 2.03 bits per heavy atom. The molecule has 1 aliphatic rings. The number of imide groups is 2. The summed E-state index contributed by atoms with van der Waals surface area (Å²) in [5, 5.41) is 21.0. The number of aromatic carboxylic acids is 2. The molecule has 0 unspecified atom stereocenters. The first kappa shape index (κ1) is 23.2. The van der Waals surface area contributed by atoms with Crippen molar-refractivity contribution in [3.8, 4) is 5.69 Å². The summed E-state index contributed by atoms with van der Waals surface area (Å²) in [5.41, 5.74) is 1.51. The van der Waals surface area contributed by atoms with Crippen molar-refractivity contribution in [2.75, 3.05) is 4.90 Å². The molecule has 10 heteroatoms. The number of hydrogen-bond donors (Lipinski definition) is 3. The van der Waals surface area contributed by atoms with Gasteiger partial charge in [-0.3, -0.25) is 14.9 Å². The Bertz CT molecular complexity index is 1420. The minimum absolute atomic E-state index is 0.203. The molecule has 0 aliphatic carbocycles. The largest absolute Gasteiger partial charge is 0.478 e. The number of aromatic nitrogens is 1. The maximum atomic E-state index is 13.1. The van der Waals surface area contributed by atoms with Gasteiger partial charge in [-0.2, -0.15) is 0 Å². The number of aryl methyl sites for hydroxylation is 1. The summed E-state index contributed by atoms with van der Waals surface area (Å²) >= 11 is 0. The van der Waals surface area contributed by atoms with E-state index in [4.69, 9.17) is 0 Å². The van der Waals surface area contributed by atoms with E-state index in [2.05, 4.69) is 5.32 Å². The second-order valence-electron chi connectivity index (χ2n) is 7.83. The average Bonchev–Trinajstić information content (AvgIpc) is 3.09. The third-order valence-electron chi connectivity index (χ3n) is 5.56. The number of carbonyl (C=O) groups excluding carboxylic acids is 3.